The number of aliphatic imine (C=N–C) groups is 1. The van der Waals surface area contributed by atoms with E-state index < -0.39 is 0 Å². The summed E-state index contributed by atoms with van der Waals surface area (Å²) in [7, 11) is 0. The van der Waals surface area contributed by atoms with Crippen molar-refractivity contribution in [2.75, 3.05) is 26.2 Å². The van der Waals surface area contributed by atoms with Gasteiger partial charge in [0, 0.05) is 30.1 Å². The van der Waals surface area contributed by atoms with Gasteiger partial charge in [-0.1, -0.05) is 6.42 Å². The molecule has 0 N–H and O–H groups in total. The number of likely N-dealkylation sites (tertiary alicyclic amines) is 1. The summed E-state index contributed by atoms with van der Waals surface area (Å²) in [5.74, 6) is 1.82. The zero-order chi connectivity index (χ0) is 17.9. The summed E-state index contributed by atoms with van der Waals surface area (Å²) in [6.45, 7) is 5.82. The van der Waals surface area contributed by atoms with Crippen molar-refractivity contribution < 1.29 is 9.53 Å². The molecule has 1 saturated carbocycles. The van der Waals surface area contributed by atoms with Crippen molar-refractivity contribution in [3.05, 3.63) is 29.8 Å². The number of carbonyl (C=O) groups is 1. The number of hydrogen-bond donors (Lipinski definition) is 0. The molecular weight excluding hydrogens is 324 g/mol. The number of rotatable bonds is 6. The van der Waals surface area contributed by atoms with E-state index in [1.165, 1.54) is 19.4 Å². The van der Waals surface area contributed by atoms with E-state index in [9.17, 15) is 4.79 Å². The Morgan fingerprint density at radius 3 is 2.69 bits per heavy atom. The van der Waals surface area contributed by atoms with Gasteiger partial charge in [0.1, 0.15) is 5.75 Å². The second kappa shape index (κ2) is 7.91. The van der Waals surface area contributed by atoms with E-state index in [1.54, 1.807) is 0 Å². The molecule has 1 aliphatic carbocycles. The van der Waals surface area contributed by atoms with Crippen LogP contribution in [0.5, 0.6) is 5.75 Å². The maximum absolute atomic E-state index is 12.0. The number of carbonyl (C=O) groups excluding carboxylic acids is 1. The van der Waals surface area contributed by atoms with Crippen molar-refractivity contribution in [2.45, 2.75) is 51.5 Å². The molecule has 1 aromatic carbocycles. The van der Waals surface area contributed by atoms with Gasteiger partial charge in [0.15, 0.2) is 5.78 Å². The van der Waals surface area contributed by atoms with Crippen LogP contribution >= 0.6 is 0 Å². The molecule has 2 heterocycles. The van der Waals surface area contributed by atoms with Gasteiger partial charge in [-0.2, -0.15) is 0 Å². The first-order valence-corrected chi connectivity index (χ1v) is 10.3. The van der Waals surface area contributed by atoms with Crippen LogP contribution in [0.25, 0.3) is 0 Å². The number of ether oxygens (including phenoxy) is 1. The van der Waals surface area contributed by atoms with Crippen molar-refractivity contribution in [3.63, 3.8) is 0 Å². The van der Waals surface area contributed by atoms with Gasteiger partial charge < -0.3 is 9.64 Å². The van der Waals surface area contributed by atoms with Crippen LogP contribution in [0, 0.1) is 11.8 Å². The molecule has 0 radical (unpaired) electrons. The molecule has 140 valence electrons. The predicted octanol–water partition coefficient (Wildman–Crippen LogP) is 3.73. The summed E-state index contributed by atoms with van der Waals surface area (Å²) < 4.78 is 5.93. The topological polar surface area (TPSA) is 41.9 Å². The summed E-state index contributed by atoms with van der Waals surface area (Å²) >= 11 is 0. The Bertz CT molecular complexity index is 667. The molecule has 0 bridgehead atoms. The van der Waals surface area contributed by atoms with Crippen molar-refractivity contribution in [3.8, 4) is 5.75 Å². The molecule has 0 aromatic heterocycles. The lowest BCUT2D eigenvalue weighted by atomic mass is 9.83. The molecular formula is C22H30N2O2. The fourth-order valence-corrected chi connectivity index (χ4v) is 4.88. The number of benzene rings is 1. The molecule has 26 heavy (non-hydrogen) atoms. The molecule has 1 aromatic rings. The summed E-state index contributed by atoms with van der Waals surface area (Å²) in [6, 6.07) is 9.06. The summed E-state index contributed by atoms with van der Waals surface area (Å²) in [5, 5.41) is 0. The minimum absolute atomic E-state index is 0.214. The lowest BCUT2D eigenvalue weighted by Crippen LogP contribution is -2.33. The number of Topliss-reactive ketones (excluding diaryl/α,β-unsaturated/α-hetero) is 1. The van der Waals surface area contributed by atoms with Gasteiger partial charge in [0.2, 0.25) is 0 Å². The van der Waals surface area contributed by atoms with E-state index in [0.717, 1.165) is 61.9 Å². The number of fused-ring (bicyclic) bond motifs is 1. The molecule has 2 unspecified atom stereocenters. The summed E-state index contributed by atoms with van der Waals surface area (Å²) in [6.07, 6.45) is 7.03. The van der Waals surface area contributed by atoms with E-state index in [4.69, 9.17) is 4.74 Å². The molecule has 3 aliphatic rings. The third kappa shape index (κ3) is 3.71. The Balaban J connectivity index is 1.30. The highest BCUT2D eigenvalue weighted by molar-refractivity contribution is 6.08. The van der Waals surface area contributed by atoms with E-state index in [1.807, 2.05) is 0 Å². The van der Waals surface area contributed by atoms with E-state index in [0.29, 0.717) is 18.2 Å². The average Bonchev–Trinajstić information content (AvgIpc) is 3.30. The molecule has 4 nitrogen and oxygen atoms in total. The van der Waals surface area contributed by atoms with Gasteiger partial charge in [-0.05, 0) is 75.4 Å². The van der Waals surface area contributed by atoms with E-state index in [2.05, 4.69) is 41.1 Å². The molecule has 2 fully saturated rings. The molecule has 0 amide bonds. The zero-order valence-corrected chi connectivity index (χ0v) is 15.8. The Labute approximate surface area is 156 Å². The first kappa shape index (κ1) is 17.7. The standard InChI is InChI=1S/C22H30N2O2/c1-16-5-3-12-24(16)13-4-14-26-18-10-8-17(9-11-18)22-20-7-2-6-19(20)21(25)15-23-22/h8-11,16,19-20H,2-7,12-15H2,1H3/t16-,19?,20?/m1/s1. The van der Waals surface area contributed by atoms with E-state index >= 15 is 0 Å². The second-order valence-electron chi connectivity index (χ2n) is 8.07. The molecule has 1 saturated heterocycles. The maximum Gasteiger partial charge on any atom is 0.157 e. The third-order valence-corrected chi connectivity index (χ3v) is 6.39. The van der Waals surface area contributed by atoms with Crippen LogP contribution in [0.15, 0.2) is 29.3 Å². The SMILES string of the molecule is C[C@@H]1CCCN1CCCOc1ccc(C2=NCC(=O)C3CCCC23)cc1. The molecule has 2 aliphatic heterocycles. The monoisotopic (exact) mass is 354 g/mol. The number of nitrogens with zero attached hydrogens (tertiary/aromatic N) is 2. The van der Waals surface area contributed by atoms with Crippen molar-refractivity contribution >= 4 is 11.5 Å². The van der Waals surface area contributed by atoms with Crippen molar-refractivity contribution in [1.29, 1.82) is 0 Å². The minimum atomic E-state index is 0.214. The van der Waals surface area contributed by atoms with Gasteiger partial charge in [0.25, 0.3) is 0 Å². The first-order valence-electron chi connectivity index (χ1n) is 10.3. The number of ketones is 1. The van der Waals surface area contributed by atoms with Crippen LogP contribution in [0.4, 0.5) is 0 Å². The van der Waals surface area contributed by atoms with Crippen LogP contribution in [0.3, 0.4) is 0 Å². The van der Waals surface area contributed by atoms with Crippen LogP contribution in [0.1, 0.15) is 51.0 Å². The fraction of sp³-hybridized carbons (Fsp3) is 0.636. The van der Waals surface area contributed by atoms with Gasteiger partial charge in [-0.15, -0.1) is 0 Å². The number of hydrogen-bond acceptors (Lipinski definition) is 4. The quantitative estimate of drug-likeness (QED) is 0.731. The maximum atomic E-state index is 12.0. The smallest absolute Gasteiger partial charge is 0.157 e. The van der Waals surface area contributed by atoms with Crippen molar-refractivity contribution in [1.82, 2.24) is 4.90 Å². The van der Waals surface area contributed by atoms with Gasteiger partial charge >= 0.3 is 0 Å². The second-order valence-corrected chi connectivity index (χ2v) is 8.07. The first-order chi connectivity index (χ1) is 12.7. The zero-order valence-electron chi connectivity index (χ0n) is 15.8. The third-order valence-electron chi connectivity index (χ3n) is 6.39. The molecule has 0 spiro atoms. The summed E-state index contributed by atoms with van der Waals surface area (Å²) in [4.78, 5) is 19.2. The Morgan fingerprint density at radius 2 is 1.92 bits per heavy atom. The van der Waals surface area contributed by atoms with E-state index in [-0.39, 0.29) is 5.92 Å². The highest BCUT2D eigenvalue weighted by Gasteiger charge is 2.38. The Hall–Kier alpha value is -1.68. The summed E-state index contributed by atoms with van der Waals surface area (Å²) in [5.41, 5.74) is 2.30. The normalized spacial score (nSPS) is 28.9. The van der Waals surface area contributed by atoms with Crippen LogP contribution in [-0.4, -0.2) is 48.7 Å². The van der Waals surface area contributed by atoms with Crippen LogP contribution in [-0.2, 0) is 4.79 Å². The van der Waals surface area contributed by atoms with Crippen molar-refractivity contribution in [2.24, 2.45) is 16.8 Å². The minimum Gasteiger partial charge on any atom is -0.494 e. The Morgan fingerprint density at radius 1 is 1.12 bits per heavy atom. The van der Waals surface area contributed by atoms with Crippen LogP contribution < -0.4 is 4.74 Å². The Kier molecular flexibility index (Phi) is 5.39. The molecule has 3 atom stereocenters. The van der Waals surface area contributed by atoms with Gasteiger partial charge in [0.05, 0.1) is 13.2 Å². The highest BCUT2D eigenvalue weighted by Crippen LogP contribution is 2.37. The van der Waals surface area contributed by atoms with Crippen LogP contribution in [0.2, 0.25) is 0 Å². The average molecular weight is 354 g/mol. The lowest BCUT2D eigenvalue weighted by Gasteiger charge is -2.25. The largest absolute Gasteiger partial charge is 0.494 e. The molecule has 4 rings (SSSR count). The van der Waals surface area contributed by atoms with Gasteiger partial charge in [-0.3, -0.25) is 9.79 Å². The predicted molar refractivity (Wildman–Crippen MR) is 104 cm³/mol. The fourth-order valence-electron chi connectivity index (χ4n) is 4.88. The van der Waals surface area contributed by atoms with Gasteiger partial charge in [-0.25, -0.2) is 0 Å². The highest BCUT2D eigenvalue weighted by atomic mass is 16.5. The molecule has 4 heteroatoms. The lowest BCUT2D eigenvalue weighted by molar-refractivity contribution is -0.122.